The van der Waals surface area contributed by atoms with E-state index in [1.54, 1.807) is 0 Å². The summed E-state index contributed by atoms with van der Waals surface area (Å²) in [5.74, 6) is -0.181. The number of aromatic nitrogens is 2. The van der Waals surface area contributed by atoms with Gasteiger partial charge >= 0.3 is 0 Å². The predicted molar refractivity (Wildman–Crippen MR) is 103 cm³/mol. The van der Waals surface area contributed by atoms with Crippen LogP contribution in [-0.2, 0) is 17.6 Å². The van der Waals surface area contributed by atoms with E-state index in [0.29, 0.717) is 16.5 Å². The highest BCUT2D eigenvalue weighted by Gasteiger charge is 2.27. The Kier molecular flexibility index (Phi) is 5.33. The van der Waals surface area contributed by atoms with Crippen molar-refractivity contribution in [1.29, 1.82) is 0 Å². The van der Waals surface area contributed by atoms with Gasteiger partial charge in [0.05, 0.1) is 11.3 Å². The number of nitrogens with two attached hydrogens (primary N) is 2. The quantitative estimate of drug-likeness (QED) is 0.446. The van der Waals surface area contributed by atoms with Gasteiger partial charge in [0.15, 0.2) is 5.16 Å². The van der Waals surface area contributed by atoms with Gasteiger partial charge in [0.1, 0.15) is 10.8 Å². The summed E-state index contributed by atoms with van der Waals surface area (Å²) in [6, 6.07) is 1.17. The molecule has 0 saturated carbocycles. The predicted octanol–water partition coefficient (Wildman–Crippen LogP) is 1.37. The maximum Gasteiger partial charge on any atom is 0.253 e. The number of anilines is 2. The lowest BCUT2D eigenvalue weighted by Gasteiger charge is -2.18. The molecular formula is C16H19N5O3S2. The number of thioether (sulfide) groups is 1. The third-order valence-corrected chi connectivity index (χ3v) is 6.13. The first-order valence-electron chi connectivity index (χ1n) is 8.07. The molecule has 2 aromatic heterocycles. The minimum absolute atomic E-state index is 0.0174. The number of H-pyrrole nitrogens is 1. The number of nitrogen functional groups attached to an aromatic ring is 1. The van der Waals surface area contributed by atoms with Gasteiger partial charge in [-0.2, -0.15) is 0 Å². The Bertz CT molecular complexity index is 921. The first kappa shape index (κ1) is 18.5. The van der Waals surface area contributed by atoms with Crippen LogP contribution in [0.5, 0.6) is 0 Å². The molecule has 0 aliphatic heterocycles. The highest BCUT2D eigenvalue weighted by atomic mass is 32.2. The van der Waals surface area contributed by atoms with Crippen LogP contribution in [-0.4, -0.2) is 27.5 Å². The smallest absolute Gasteiger partial charge is 0.253 e. The lowest BCUT2D eigenvalue weighted by molar-refractivity contribution is -0.113. The highest BCUT2D eigenvalue weighted by molar-refractivity contribution is 7.99. The molecule has 1 atom stereocenters. The van der Waals surface area contributed by atoms with Gasteiger partial charge in [0.25, 0.3) is 11.5 Å². The van der Waals surface area contributed by atoms with Crippen molar-refractivity contribution in [2.45, 2.75) is 31.3 Å². The largest absolute Gasteiger partial charge is 0.383 e. The van der Waals surface area contributed by atoms with Crippen molar-refractivity contribution in [2.24, 2.45) is 11.7 Å². The van der Waals surface area contributed by atoms with E-state index in [2.05, 4.69) is 22.2 Å². The number of nitrogens with one attached hydrogen (secondary N) is 2. The van der Waals surface area contributed by atoms with Crippen LogP contribution >= 0.6 is 23.1 Å². The Labute approximate surface area is 157 Å². The number of aromatic amines is 1. The van der Waals surface area contributed by atoms with E-state index in [1.807, 2.05) is 0 Å². The minimum atomic E-state index is -0.526. The van der Waals surface area contributed by atoms with E-state index >= 15 is 0 Å². The lowest BCUT2D eigenvalue weighted by atomic mass is 9.88. The van der Waals surface area contributed by atoms with Gasteiger partial charge in [-0.1, -0.05) is 18.7 Å². The van der Waals surface area contributed by atoms with Gasteiger partial charge in [0, 0.05) is 10.9 Å². The van der Waals surface area contributed by atoms with Gasteiger partial charge in [-0.15, -0.1) is 11.3 Å². The minimum Gasteiger partial charge on any atom is -0.383 e. The summed E-state index contributed by atoms with van der Waals surface area (Å²) in [4.78, 5) is 43.1. The number of primary amides is 1. The molecule has 138 valence electrons. The molecule has 1 aliphatic rings. The van der Waals surface area contributed by atoms with E-state index in [9.17, 15) is 14.4 Å². The molecule has 6 N–H and O–H groups in total. The van der Waals surface area contributed by atoms with E-state index in [1.165, 1.54) is 17.4 Å². The normalized spacial score (nSPS) is 16.1. The number of carbonyl (C=O) groups excluding carboxylic acids is 2. The molecule has 0 saturated heterocycles. The summed E-state index contributed by atoms with van der Waals surface area (Å²) >= 11 is 2.47. The second-order valence-electron chi connectivity index (χ2n) is 6.23. The van der Waals surface area contributed by atoms with Crippen molar-refractivity contribution in [3.05, 3.63) is 32.4 Å². The summed E-state index contributed by atoms with van der Waals surface area (Å²) in [5, 5.41) is 3.53. The van der Waals surface area contributed by atoms with Crippen LogP contribution < -0.4 is 22.3 Å². The van der Waals surface area contributed by atoms with Crippen molar-refractivity contribution >= 4 is 45.7 Å². The van der Waals surface area contributed by atoms with Crippen LogP contribution in [0.25, 0.3) is 0 Å². The van der Waals surface area contributed by atoms with E-state index < -0.39 is 5.91 Å². The number of hydrogen-bond acceptors (Lipinski definition) is 7. The third kappa shape index (κ3) is 4.07. The molecule has 2 heterocycles. The summed E-state index contributed by atoms with van der Waals surface area (Å²) in [6.07, 6.45) is 2.69. The van der Waals surface area contributed by atoms with Gasteiger partial charge in [-0.3, -0.25) is 14.4 Å². The fourth-order valence-electron chi connectivity index (χ4n) is 2.92. The molecule has 2 amide bonds. The van der Waals surface area contributed by atoms with Crippen LogP contribution in [0.2, 0.25) is 0 Å². The first-order valence-corrected chi connectivity index (χ1v) is 9.87. The first-order chi connectivity index (χ1) is 12.3. The van der Waals surface area contributed by atoms with E-state index in [-0.39, 0.29) is 28.2 Å². The molecule has 0 fully saturated rings. The van der Waals surface area contributed by atoms with Crippen molar-refractivity contribution in [2.75, 3.05) is 16.8 Å². The Morgan fingerprint density at radius 2 is 2.27 bits per heavy atom. The highest BCUT2D eigenvalue weighted by Crippen LogP contribution is 2.39. The summed E-state index contributed by atoms with van der Waals surface area (Å²) in [7, 11) is 0. The molecule has 2 aromatic rings. The standard InChI is InChI=1S/C16H19N5O3S2/c1-7-2-3-8-9(4-7)26-15(13(8)14(18)24)20-12(23)6-25-16-19-10(17)5-11(22)21-16/h5,7H,2-4,6H2,1H3,(H2,18,24)(H,20,23)(H3,17,19,21,22)/t7-/m0/s1. The van der Waals surface area contributed by atoms with Crippen LogP contribution in [0.4, 0.5) is 10.8 Å². The van der Waals surface area contributed by atoms with Crippen molar-refractivity contribution in [3.63, 3.8) is 0 Å². The Morgan fingerprint density at radius 1 is 1.50 bits per heavy atom. The zero-order valence-corrected chi connectivity index (χ0v) is 15.8. The number of carbonyl (C=O) groups is 2. The number of thiophene rings is 1. The van der Waals surface area contributed by atoms with Gasteiger partial charge in [-0.25, -0.2) is 4.98 Å². The van der Waals surface area contributed by atoms with Crippen LogP contribution in [0.1, 0.15) is 34.1 Å². The topological polar surface area (TPSA) is 144 Å². The molecule has 0 bridgehead atoms. The molecule has 3 rings (SSSR count). The molecule has 0 spiro atoms. The number of fused-ring (bicyclic) bond motifs is 1. The molecule has 0 unspecified atom stereocenters. The fraction of sp³-hybridized carbons (Fsp3) is 0.375. The van der Waals surface area contributed by atoms with E-state index in [0.717, 1.165) is 41.5 Å². The zero-order chi connectivity index (χ0) is 18.8. The SMILES string of the molecule is C[C@H]1CCc2c(sc(NC(=O)CSc3nc(N)cc(=O)[nH]3)c2C(N)=O)C1. The third-order valence-electron chi connectivity index (χ3n) is 4.09. The number of rotatable bonds is 5. The van der Waals surface area contributed by atoms with Crippen LogP contribution in [0.15, 0.2) is 16.0 Å². The monoisotopic (exact) mass is 393 g/mol. The molecule has 10 heteroatoms. The summed E-state index contributed by atoms with van der Waals surface area (Å²) in [5.41, 5.74) is 12.1. The maximum absolute atomic E-state index is 12.3. The van der Waals surface area contributed by atoms with Crippen LogP contribution in [0.3, 0.4) is 0 Å². The number of amides is 2. The average molecular weight is 393 g/mol. The second-order valence-corrected chi connectivity index (χ2v) is 8.30. The number of nitrogens with zero attached hydrogens (tertiary/aromatic N) is 1. The molecule has 26 heavy (non-hydrogen) atoms. The van der Waals surface area contributed by atoms with Crippen molar-refractivity contribution < 1.29 is 9.59 Å². The molecule has 0 radical (unpaired) electrons. The van der Waals surface area contributed by atoms with Gasteiger partial charge in [-0.05, 0) is 30.7 Å². The average Bonchev–Trinajstić information content (AvgIpc) is 2.89. The van der Waals surface area contributed by atoms with Gasteiger partial charge in [0.2, 0.25) is 5.91 Å². The molecule has 1 aliphatic carbocycles. The zero-order valence-electron chi connectivity index (χ0n) is 14.1. The molecular weight excluding hydrogens is 374 g/mol. The summed E-state index contributed by atoms with van der Waals surface area (Å²) in [6.45, 7) is 2.17. The second kappa shape index (κ2) is 7.50. The molecule has 8 nitrogen and oxygen atoms in total. The van der Waals surface area contributed by atoms with E-state index in [4.69, 9.17) is 11.5 Å². The Hall–Kier alpha value is -2.33. The molecule has 0 aromatic carbocycles. The number of hydrogen-bond donors (Lipinski definition) is 4. The Balaban J connectivity index is 1.73. The van der Waals surface area contributed by atoms with Crippen LogP contribution in [0, 0.1) is 5.92 Å². The van der Waals surface area contributed by atoms with Crippen molar-refractivity contribution in [1.82, 2.24) is 9.97 Å². The lowest BCUT2D eigenvalue weighted by Crippen LogP contribution is -2.20. The fourth-order valence-corrected chi connectivity index (χ4v) is 5.03. The Morgan fingerprint density at radius 3 is 2.96 bits per heavy atom. The van der Waals surface area contributed by atoms with Crippen molar-refractivity contribution in [3.8, 4) is 0 Å². The van der Waals surface area contributed by atoms with Gasteiger partial charge < -0.3 is 21.8 Å². The summed E-state index contributed by atoms with van der Waals surface area (Å²) < 4.78 is 0. The maximum atomic E-state index is 12.3.